The molecule has 0 aliphatic heterocycles. The van der Waals surface area contributed by atoms with E-state index in [1.807, 2.05) is 30.3 Å². The van der Waals surface area contributed by atoms with Gasteiger partial charge < -0.3 is 10.3 Å². The van der Waals surface area contributed by atoms with Gasteiger partial charge in [-0.2, -0.15) is 0 Å². The molecule has 0 spiro atoms. The van der Waals surface area contributed by atoms with Gasteiger partial charge in [0, 0.05) is 11.4 Å². The summed E-state index contributed by atoms with van der Waals surface area (Å²) in [5.74, 6) is 0.818. The second-order valence-electron chi connectivity index (χ2n) is 3.99. The Morgan fingerprint density at radius 1 is 1.22 bits per heavy atom. The predicted molar refractivity (Wildman–Crippen MR) is 77.6 cm³/mol. The molecule has 2 N–H and O–H groups in total. The van der Waals surface area contributed by atoms with E-state index in [0.29, 0.717) is 0 Å². The smallest absolute Gasteiger partial charge is 0.201 e. The normalized spacial score (nSPS) is 10.9. The van der Waals surface area contributed by atoms with Crippen LogP contribution in [-0.4, -0.2) is 16.5 Å². The zero-order valence-corrected chi connectivity index (χ0v) is 11.2. The Bertz CT molecular complexity index is 626. The molecule has 0 atom stereocenters. The number of benzene rings is 1. The Hall–Kier alpha value is -1.52. The number of anilines is 1. The van der Waals surface area contributed by atoms with Crippen LogP contribution < -0.4 is 5.32 Å². The highest BCUT2D eigenvalue weighted by Crippen LogP contribution is 2.21. The van der Waals surface area contributed by atoms with E-state index in [1.54, 1.807) is 11.3 Å². The monoisotopic (exact) mass is 277 g/mol. The lowest BCUT2D eigenvalue weighted by Crippen LogP contribution is -2.04. The number of H-pyrrole nitrogens is 1. The standard InChI is InChI=1S/C13H12ClN3S/c14-12-6-5-9(18-12)7-8-15-13-16-10-3-1-2-4-11(10)17-13/h1-6H,7-8H2,(H2,15,16,17). The molecule has 3 aromatic rings. The van der Waals surface area contributed by atoms with Crippen molar-refractivity contribution in [1.82, 2.24) is 9.97 Å². The van der Waals surface area contributed by atoms with E-state index < -0.39 is 0 Å². The van der Waals surface area contributed by atoms with E-state index in [0.717, 1.165) is 34.3 Å². The summed E-state index contributed by atoms with van der Waals surface area (Å²) in [6.45, 7) is 0.844. The molecule has 0 bridgehead atoms. The van der Waals surface area contributed by atoms with Crippen LogP contribution in [0.15, 0.2) is 36.4 Å². The van der Waals surface area contributed by atoms with Gasteiger partial charge in [0.25, 0.3) is 0 Å². The number of imidazole rings is 1. The quantitative estimate of drug-likeness (QED) is 0.758. The highest BCUT2D eigenvalue weighted by atomic mass is 35.5. The molecule has 3 rings (SSSR count). The van der Waals surface area contributed by atoms with Crippen molar-refractivity contribution in [3.8, 4) is 0 Å². The Kier molecular flexibility index (Phi) is 3.21. The van der Waals surface area contributed by atoms with E-state index in [4.69, 9.17) is 11.6 Å². The lowest BCUT2D eigenvalue weighted by atomic mass is 10.3. The number of thiophene rings is 1. The summed E-state index contributed by atoms with van der Waals surface area (Å²) >= 11 is 7.51. The summed E-state index contributed by atoms with van der Waals surface area (Å²) in [4.78, 5) is 8.98. The van der Waals surface area contributed by atoms with Gasteiger partial charge in [0.2, 0.25) is 5.95 Å². The summed E-state index contributed by atoms with van der Waals surface area (Å²) in [6, 6.07) is 12.0. The van der Waals surface area contributed by atoms with Gasteiger partial charge in [-0.05, 0) is 30.7 Å². The van der Waals surface area contributed by atoms with Crippen LogP contribution in [-0.2, 0) is 6.42 Å². The molecule has 0 amide bonds. The van der Waals surface area contributed by atoms with Crippen molar-refractivity contribution in [3.05, 3.63) is 45.6 Å². The number of fused-ring (bicyclic) bond motifs is 1. The molecule has 2 heterocycles. The first kappa shape index (κ1) is 11.6. The van der Waals surface area contributed by atoms with Crippen LogP contribution in [0.25, 0.3) is 11.0 Å². The van der Waals surface area contributed by atoms with Crippen molar-refractivity contribution in [2.24, 2.45) is 0 Å². The van der Waals surface area contributed by atoms with E-state index in [1.165, 1.54) is 4.88 Å². The van der Waals surface area contributed by atoms with Crippen molar-refractivity contribution in [2.45, 2.75) is 6.42 Å². The Labute approximate surface area is 114 Å². The molecular weight excluding hydrogens is 266 g/mol. The van der Waals surface area contributed by atoms with Gasteiger partial charge in [0.05, 0.1) is 15.4 Å². The fourth-order valence-corrected chi connectivity index (χ4v) is 2.91. The van der Waals surface area contributed by atoms with E-state index in [9.17, 15) is 0 Å². The van der Waals surface area contributed by atoms with E-state index >= 15 is 0 Å². The number of para-hydroxylation sites is 2. The Balaban J connectivity index is 1.62. The predicted octanol–water partition coefficient (Wildman–Crippen LogP) is 3.93. The van der Waals surface area contributed by atoms with Crippen molar-refractivity contribution in [3.63, 3.8) is 0 Å². The molecule has 0 radical (unpaired) electrons. The molecule has 0 unspecified atom stereocenters. The first-order chi connectivity index (χ1) is 8.81. The number of nitrogens with zero attached hydrogens (tertiary/aromatic N) is 1. The molecule has 0 fully saturated rings. The first-order valence-electron chi connectivity index (χ1n) is 5.74. The SMILES string of the molecule is Clc1ccc(CCNc2nc3ccccc3[nH]2)s1. The molecule has 0 saturated heterocycles. The molecular formula is C13H12ClN3S. The Morgan fingerprint density at radius 2 is 2.11 bits per heavy atom. The lowest BCUT2D eigenvalue weighted by molar-refractivity contribution is 1.02. The van der Waals surface area contributed by atoms with Crippen molar-refractivity contribution in [1.29, 1.82) is 0 Å². The zero-order chi connectivity index (χ0) is 12.4. The van der Waals surface area contributed by atoms with Gasteiger partial charge in [-0.3, -0.25) is 0 Å². The molecule has 1 aromatic carbocycles. The minimum Gasteiger partial charge on any atom is -0.355 e. The summed E-state index contributed by atoms with van der Waals surface area (Å²) in [5.41, 5.74) is 2.04. The Morgan fingerprint density at radius 3 is 2.89 bits per heavy atom. The topological polar surface area (TPSA) is 40.7 Å². The maximum atomic E-state index is 5.89. The number of nitrogens with one attached hydrogen (secondary N) is 2. The highest BCUT2D eigenvalue weighted by molar-refractivity contribution is 7.16. The van der Waals surface area contributed by atoms with Gasteiger partial charge in [0.1, 0.15) is 0 Å². The van der Waals surface area contributed by atoms with E-state index in [2.05, 4.69) is 21.4 Å². The summed E-state index contributed by atoms with van der Waals surface area (Å²) < 4.78 is 0.841. The summed E-state index contributed by atoms with van der Waals surface area (Å²) in [6.07, 6.45) is 0.953. The van der Waals surface area contributed by atoms with Crippen molar-refractivity contribution in [2.75, 3.05) is 11.9 Å². The lowest BCUT2D eigenvalue weighted by Gasteiger charge is -2.00. The van der Waals surface area contributed by atoms with Gasteiger partial charge in [-0.1, -0.05) is 23.7 Å². The van der Waals surface area contributed by atoms with Crippen LogP contribution in [0.5, 0.6) is 0 Å². The highest BCUT2D eigenvalue weighted by Gasteiger charge is 2.02. The average molecular weight is 278 g/mol. The second kappa shape index (κ2) is 5.00. The molecule has 0 aliphatic carbocycles. The van der Waals surface area contributed by atoms with Crippen LogP contribution in [0.1, 0.15) is 4.88 Å². The third-order valence-electron chi connectivity index (χ3n) is 2.68. The maximum Gasteiger partial charge on any atom is 0.201 e. The largest absolute Gasteiger partial charge is 0.355 e. The number of halogens is 1. The molecule has 2 aromatic heterocycles. The molecule has 0 saturated carbocycles. The van der Waals surface area contributed by atoms with Gasteiger partial charge in [-0.25, -0.2) is 4.98 Å². The molecule has 18 heavy (non-hydrogen) atoms. The number of rotatable bonds is 4. The van der Waals surface area contributed by atoms with Crippen molar-refractivity contribution < 1.29 is 0 Å². The summed E-state index contributed by atoms with van der Waals surface area (Å²) in [5, 5.41) is 3.29. The first-order valence-corrected chi connectivity index (χ1v) is 6.93. The molecule has 0 aliphatic rings. The fraction of sp³-hybridized carbons (Fsp3) is 0.154. The zero-order valence-electron chi connectivity index (χ0n) is 9.61. The van der Waals surface area contributed by atoms with Crippen LogP contribution >= 0.6 is 22.9 Å². The van der Waals surface area contributed by atoms with Crippen LogP contribution in [0.4, 0.5) is 5.95 Å². The minimum absolute atomic E-state index is 0.818. The third-order valence-corrected chi connectivity index (χ3v) is 3.97. The van der Waals surface area contributed by atoms with Gasteiger partial charge in [0.15, 0.2) is 0 Å². The fourth-order valence-electron chi connectivity index (χ4n) is 1.83. The minimum atomic E-state index is 0.818. The van der Waals surface area contributed by atoms with Gasteiger partial charge >= 0.3 is 0 Å². The number of aromatic nitrogens is 2. The van der Waals surface area contributed by atoms with E-state index in [-0.39, 0.29) is 0 Å². The third kappa shape index (κ3) is 2.49. The number of aromatic amines is 1. The van der Waals surface area contributed by atoms with Gasteiger partial charge in [-0.15, -0.1) is 11.3 Å². The maximum absolute atomic E-state index is 5.89. The number of hydrogen-bond acceptors (Lipinski definition) is 3. The molecule has 5 heteroatoms. The summed E-state index contributed by atoms with van der Waals surface area (Å²) in [7, 11) is 0. The van der Waals surface area contributed by atoms with Crippen LogP contribution in [0, 0.1) is 0 Å². The van der Waals surface area contributed by atoms with Crippen LogP contribution in [0.3, 0.4) is 0 Å². The molecule has 3 nitrogen and oxygen atoms in total. The van der Waals surface area contributed by atoms with Crippen molar-refractivity contribution >= 4 is 39.9 Å². The second-order valence-corrected chi connectivity index (χ2v) is 5.78. The number of hydrogen-bond donors (Lipinski definition) is 2. The molecule has 92 valence electrons. The average Bonchev–Trinajstić information content (AvgIpc) is 2.95. The van der Waals surface area contributed by atoms with Crippen LogP contribution in [0.2, 0.25) is 4.34 Å².